The largest absolute Gasteiger partial charge is 0.497 e. The molecule has 188 valence electrons. The molecule has 0 aromatic heterocycles. The first-order valence-electron chi connectivity index (χ1n) is 12.0. The third-order valence-electron chi connectivity index (χ3n) is 6.72. The van der Waals surface area contributed by atoms with Crippen molar-refractivity contribution in [2.24, 2.45) is 0 Å². The number of nitrogens with one attached hydrogen (secondary N) is 1. The van der Waals surface area contributed by atoms with Crippen molar-refractivity contribution >= 4 is 17.5 Å². The molecule has 8 nitrogen and oxygen atoms in total. The van der Waals surface area contributed by atoms with Gasteiger partial charge in [-0.3, -0.25) is 19.4 Å². The zero-order valence-electron chi connectivity index (χ0n) is 20.3. The second-order valence-electron chi connectivity index (χ2n) is 8.95. The summed E-state index contributed by atoms with van der Waals surface area (Å²) in [5.41, 5.74) is 1.65. The van der Waals surface area contributed by atoms with Gasteiger partial charge in [0.25, 0.3) is 0 Å². The van der Waals surface area contributed by atoms with Crippen LogP contribution < -0.4 is 14.8 Å². The maximum Gasteiger partial charge on any atom is 0.238 e. The lowest BCUT2D eigenvalue weighted by Gasteiger charge is -2.36. The molecule has 2 saturated heterocycles. The molecule has 1 atom stereocenters. The van der Waals surface area contributed by atoms with Crippen molar-refractivity contribution < 1.29 is 23.5 Å². The molecular weight excluding hydrogens is 451 g/mol. The number of likely N-dealkylation sites (tertiary alicyclic amines) is 1. The van der Waals surface area contributed by atoms with E-state index in [2.05, 4.69) is 10.2 Å². The highest BCUT2D eigenvalue weighted by Gasteiger charge is 2.32. The Morgan fingerprint density at radius 2 is 1.71 bits per heavy atom. The standard InChI is InChI=1S/C26H33FN4O4/c1-34-21-9-10-22(24(16-21)35-2)23-4-3-11-31(23)18-26(33)30-14-12-29(13-15-30)17-25(32)28-20-7-5-19(27)6-8-20/h5-10,16,23H,3-4,11-15,17-18H2,1-2H3,(H,28,32)/t23-/m1/s1. The average Bonchev–Trinajstić information content (AvgIpc) is 3.33. The molecule has 1 N–H and O–H groups in total. The number of piperazine rings is 1. The summed E-state index contributed by atoms with van der Waals surface area (Å²) in [5, 5.41) is 2.78. The number of nitrogens with zero attached hydrogens (tertiary/aromatic N) is 3. The van der Waals surface area contributed by atoms with Gasteiger partial charge in [-0.15, -0.1) is 0 Å². The molecule has 0 radical (unpaired) electrons. The molecule has 2 heterocycles. The summed E-state index contributed by atoms with van der Waals surface area (Å²) in [6.07, 6.45) is 2.01. The Labute approximate surface area is 205 Å². The monoisotopic (exact) mass is 484 g/mol. The fourth-order valence-electron chi connectivity index (χ4n) is 4.83. The Hall–Kier alpha value is -3.17. The van der Waals surface area contributed by atoms with Crippen LogP contribution in [0.25, 0.3) is 0 Å². The van der Waals surface area contributed by atoms with Gasteiger partial charge in [-0.25, -0.2) is 4.39 Å². The number of benzene rings is 2. The molecule has 2 amide bonds. The highest BCUT2D eigenvalue weighted by atomic mass is 19.1. The molecule has 2 aliphatic rings. The van der Waals surface area contributed by atoms with E-state index in [9.17, 15) is 14.0 Å². The summed E-state index contributed by atoms with van der Waals surface area (Å²) < 4.78 is 23.9. The molecule has 2 aliphatic heterocycles. The Kier molecular flexibility index (Phi) is 8.20. The normalized spacial score (nSPS) is 18.9. The lowest BCUT2D eigenvalue weighted by molar-refractivity contribution is -0.134. The van der Waals surface area contributed by atoms with Crippen LogP contribution in [-0.2, 0) is 9.59 Å². The van der Waals surface area contributed by atoms with Crippen molar-refractivity contribution in [1.82, 2.24) is 14.7 Å². The number of amides is 2. The lowest BCUT2D eigenvalue weighted by Crippen LogP contribution is -2.52. The number of hydrogen-bond acceptors (Lipinski definition) is 6. The van der Waals surface area contributed by atoms with Crippen LogP contribution in [0.2, 0.25) is 0 Å². The Balaban J connectivity index is 1.27. The van der Waals surface area contributed by atoms with Crippen LogP contribution in [0, 0.1) is 5.82 Å². The fourth-order valence-corrected chi connectivity index (χ4v) is 4.83. The van der Waals surface area contributed by atoms with Crippen molar-refractivity contribution in [1.29, 1.82) is 0 Å². The summed E-state index contributed by atoms with van der Waals surface area (Å²) in [6, 6.07) is 11.7. The molecule has 2 aromatic rings. The SMILES string of the molecule is COc1ccc([C@H]2CCCN2CC(=O)N2CCN(CC(=O)Nc3ccc(F)cc3)CC2)c(OC)c1. The van der Waals surface area contributed by atoms with E-state index in [1.165, 1.54) is 24.3 Å². The van der Waals surface area contributed by atoms with E-state index in [0.717, 1.165) is 36.4 Å². The quantitative estimate of drug-likeness (QED) is 0.621. The van der Waals surface area contributed by atoms with Crippen molar-refractivity contribution in [3.05, 3.63) is 53.8 Å². The van der Waals surface area contributed by atoms with E-state index in [-0.39, 0.29) is 30.2 Å². The van der Waals surface area contributed by atoms with E-state index in [4.69, 9.17) is 9.47 Å². The third-order valence-corrected chi connectivity index (χ3v) is 6.72. The van der Waals surface area contributed by atoms with Crippen LogP contribution in [-0.4, -0.2) is 86.5 Å². The molecule has 9 heteroatoms. The number of halogens is 1. The van der Waals surface area contributed by atoms with Gasteiger partial charge >= 0.3 is 0 Å². The van der Waals surface area contributed by atoms with Gasteiger partial charge < -0.3 is 19.7 Å². The molecule has 2 fully saturated rings. The zero-order valence-corrected chi connectivity index (χ0v) is 20.3. The lowest BCUT2D eigenvalue weighted by atomic mass is 10.0. The number of hydrogen-bond donors (Lipinski definition) is 1. The molecule has 4 rings (SSSR count). The van der Waals surface area contributed by atoms with Gasteiger partial charge in [0.2, 0.25) is 11.8 Å². The smallest absolute Gasteiger partial charge is 0.238 e. The van der Waals surface area contributed by atoms with Crippen molar-refractivity contribution in [3.8, 4) is 11.5 Å². The van der Waals surface area contributed by atoms with Crippen LogP contribution in [0.4, 0.5) is 10.1 Å². The van der Waals surface area contributed by atoms with Gasteiger partial charge in [-0.05, 0) is 49.7 Å². The predicted molar refractivity (Wildman–Crippen MR) is 131 cm³/mol. The number of carbonyl (C=O) groups is 2. The summed E-state index contributed by atoms with van der Waals surface area (Å²) in [5.74, 6) is 1.15. The molecule has 35 heavy (non-hydrogen) atoms. The maximum atomic E-state index is 13.1. The Morgan fingerprint density at radius 1 is 0.971 bits per heavy atom. The zero-order chi connectivity index (χ0) is 24.8. The second kappa shape index (κ2) is 11.5. The fraction of sp³-hybridized carbons (Fsp3) is 0.462. The van der Waals surface area contributed by atoms with E-state index in [1.54, 1.807) is 14.2 Å². The van der Waals surface area contributed by atoms with E-state index >= 15 is 0 Å². The number of methoxy groups -OCH3 is 2. The molecule has 0 spiro atoms. The maximum absolute atomic E-state index is 13.1. The predicted octanol–water partition coefficient (Wildman–Crippen LogP) is 2.76. The molecule has 0 aliphatic carbocycles. The minimum Gasteiger partial charge on any atom is -0.497 e. The number of rotatable bonds is 8. The summed E-state index contributed by atoms with van der Waals surface area (Å²) in [7, 11) is 3.29. The van der Waals surface area contributed by atoms with Crippen LogP contribution in [0.15, 0.2) is 42.5 Å². The minimum atomic E-state index is -0.341. The molecular formula is C26H33FN4O4. The Bertz CT molecular complexity index is 1020. The molecule has 0 bridgehead atoms. The first-order valence-corrected chi connectivity index (χ1v) is 12.0. The Morgan fingerprint density at radius 3 is 2.40 bits per heavy atom. The van der Waals surface area contributed by atoms with Crippen LogP contribution in [0.3, 0.4) is 0 Å². The van der Waals surface area contributed by atoms with Gasteiger partial charge in [0.15, 0.2) is 0 Å². The van der Waals surface area contributed by atoms with Gasteiger partial charge in [-0.2, -0.15) is 0 Å². The van der Waals surface area contributed by atoms with Gasteiger partial charge in [0.05, 0.1) is 27.3 Å². The average molecular weight is 485 g/mol. The van der Waals surface area contributed by atoms with Crippen LogP contribution in [0.5, 0.6) is 11.5 Å². The number of ether oxygens (including phenoxy) is 2. The van der Waals surface area contributed by atoms with E-state index in [0.29, 0.717) is 38.4 Å². The molecule has 0 saturated carbocycles. The van der Waals surface area contributed by atoms with Gasteiger partial charge in [-0.1, -0.05) is 6.07 Å². The second-order valence-corrected chi connectivity index (χ2v) is 8.95. The van der Waals surface area contributed by atoms with Gasteiger partial charge in [0, 0.05) is 49.5 Å². The first kappa shape index (κ1) is 24.9. The number of carbonyl (C=O) groups excluding carboxylic acids is 2. The van der Waals surface area contributed by atoms with Gasteiger partial charge in [0.1, 0.15) is 17.3 Å². The van der Waals surface area contributed by atoms with E-state index < -0.39 is 0 Å². The van der Waals surface area contributed by atoms with Crippen molar-refractivity contribution in [2.45, 2.75) is 18.9 Å². The first-order chi connectivity index (χ1) is 17.0. The highest BCUT2D eigenvalue weighted by molar-refractivity contribution is 5.92. The van der Waals surface area contributed by atoms with E-state index in [1.807, 2.05) is 28.0 Å². The number of anilines is 1. The summed E-state index contributed by atoms with van der Waals surface area (Å²) in [4.78, 5) is 31.6. The highest BCUT2D eigenvalue weighted by Crippen LogP contribution is 2.38. The van der Waals surface area contributed by atoms with Crippen molar-refractivity contribution in [2.75, 3.05) is 65.3 Å². The minimum absolute atomic E-state index is 0.111. The van der Waals surface area contributed by atoms with Crippen LogP contribution in [0.1, 0.15) is 24.4 Å². The van der Waals surface area contributed by atoms with Crippen molar-refractivity contribution in [3.63, 3.8) is 0 Å². The summed E-state index contributed by atoms with van der Waals surface area (Å²) in [6.45, 7) is 3.93. The topological polar surface area (TPSA) is 74.4 Å². The van der Waals surface area contributed by atoms with Crippen LogP contribution >= 0.6 is 0 Å². The molecule has 0 unspecified atom stereocenters. The third kappa shape index (κ3) is 6.29. The summed E-state index contributed by atoms with van der Waals surface area (Å²) >= 11 is 0. The molecule has 2 aromatic carbocycles.